The minimum atomic E-state index is -0.960. The molecule has 0 aliphatic heterocycles. The Morgan fingerprint density at radius 2 is 2.10 bits per heavy atom. The molecule has 0 radical (unpaired) electrons. The molecule has 0 aliphatic carbocycles. The van der Waals surface area contributed by atoms with Gasteiger partial charge in [-0.2, -0.15) is 0 Å². The summed E-state index contributed by atoms with van der Waals surface area (Å²) >= 11 is 1.41. The molecule has 2 aromatic rings. The fourth-order valence-electron chi connectivity index (χ4n) is 2.02. The predicted molar refractivity (Wildman–Crippen MR) is 82.4 cm³/mol. The average molecular weight is 304 g/mol. The molecule has 1 aromatic heterocycles. The highest BCUT2D eigenvalue weighted by Crippen LogP contribution is 2.23. The van der Waals surface area contributed by atoms with E-state index in [9.17, 15) is 9.59 Å². The van der Waals surface area contributed by atoms with Crippen LogP contribution in [0.2, 0.25) is 0 Å². The highest BCUT2D eigenvalue weighted by Gasteiger charge is 2.20. The molecule has 1 unspecified atom stereocenters. The maximum atomic E-state index is 12.3. The van der Waals surface area contributed by atoms with E-state index >= 15 is 0 Å². The Labute approximate surface area is 126 Å². The molecule has 21 heavy (non-hydrogen) atoms. The highest BCUT2D eigenvalue weighted by molar-refractivity contribution is 7.10. The SMILES string of the molecule is Cc1c(N)cccc1C(=O)NC(CC(=O)O)c1cccs1. The smallest absolute Gasteiger partial charge is 0.305 e. The second kappa shape index (κ2) is 6.41. The van der Waals surface area contributed by atoms with Crippen LogP contribution in [0.1, 0.15) is 33.3 Å². The second-order valence-corrected chi connectivity index (χ2v) is 5.64. The molecule has 1 amide bonds. The van der Waals surface area contributed by atoms with E-state index in [4.69, 9.17) is 10.8 Å². The Balaban J connectivity index is 2.22. The zero-order chi connectivity index (χ0) is 15.4. The van der Waals surface area contributed by atoms with E-state index < -0.39 is 12.0 Å². The summed E-state index contributed by atoms with van der Waals surface area (Å²) in [7, 11) is 0. The number of carboxylic acids is 1. The normalized spacial score (nSPS) is 11.9. The van der Waals surface area contributed by atoms with E-state index in [1.807, 2.05) is 17.5 Å². The van der Waals surface area contributed by atoms with Gasteiger partial charge in [-0.1, -0.05) is 12.1 Å². The number of nitrogen functional groups attached to an aromatic ring is 1. The third-order valence-corrected chi connectivity index (χ3v) is 4.18. The first kappa shape index (κ1) is 15.1. The molecule has 1 aromatic carbocycles. The number of amides is 1. The molecule has 1 atom stereocenters. The van der Waals surface area contributed by atoms with Gasteiger partial charge in [-0.15, -0.1) is 11.3 Å². The number of rotatable bonds is 5. The van der Waals surface area contributed by atoms with Gasteiger partial charge in [-0.3, -0.25) is 9.59 Å². The lowest BCUT2D eigenvalue weighted by atomic mass is 10.1. The van der Waals surface area contributed by atoms with Crippen LogP contribution in [0.3, 0.4) is 0 Å². The standard InChI is InChI=1S/C15H16N2O3S/c1-9-10(4-2-5-11(9)16)15(20)17-12(8-14(18)19)13-6-3-7-21-13/h2-7,12H,8,16H2,1H3,(H,17,20)(H,18,19). The van der Waals surface area contributed by atoms with E-state index in [2.05, 4.69) is 5.32 Å². The van der Waals surface area contributed by atoms with Crippen molar-refractivity contribution in [3.8, 4) is 0 Å². The molecule has 110 valence electrons. The number of carboxylic acid groups (broad SMARTS) is 1. The van der Waals surface area contributed by atoms with Crippen LogP contribution in [0, 0.1) is 6.92 Å². The number of nitrogens with two attached hydrogens (primary N) is 1. The first-order chi connectivity index (χ1) is 9.99. The van der Waals surface area contributed by atoms with Gasteiger partial charge in [-0.25, -0.2) is 0 Å². The zero-order valence-electron chi connectivity index (χ0n) is 11.5. The number of benzene rings is 1. The van der Waals surface area contributed by atoms with Crippen LogP contribution < -0.4 is 11.1 Å². The summed E-state index contributed by atoms with van der Waals surface area (Å²) in [4.78, 5) is 24.1. The average Bonchev–Trinajstić information content (AvgIpc) is 2.94. The third-order valence-electron chi connectivity index (χ3n) is 3.19. The van der Waals surface area contributed by atoms with Crippen molar-refractivity contribution >= 4 is 28.9 Å². The number of nitrogens with one attached hydrogen (secondary N) is 1. The lowest BCUT2D eigenvalue weighted by molar-refractivity contribution is -0.137. The van der Waals surface area contributed by atoms with Gasteiger partial charge in [0.05, 0.1) is 12.5 Å². The van der Waals surface area contributed by atoms with Gasteiger partial charge in [0.25, 0.3) is 5.91 Å². The van der Waals surface area contributed by atoms with Gasteiger partial charge < -0.3 is 16.2 Å². The van der Waals surface area contributed by atoms with E-state index in [1.165, 1.54) is 11.3 Å². The van der Waals surface area contributed by atoms with Crippen molar-refractivity contribution in [2.75, 3.05) is 5.73 Å². The van der Waals surface area contributed by atoms with Crippen molar-refractivity contribution in [2.24, 2.45) is 0 Å². The number of aliphatic carboxylic acids is 1. The third kappa shape index (κ3) is 3.61. The highest BCUT2D eigenvalue weighted by atomic mass is 32.1. The van der Waals surface area contributed by atoms with E-state index in [0.29, 0.717) is 16.8 Å². The minimum Gasteiger partial charge on any atom is -0.481 e. The van der Waals surface area contributed by atoms with Gasteiger partial charge in [-0.05, 0) is 36.1 Å². The molecule has 5 nitrogen and oxygen atoms in total. The summed E-state index contributed by atoms with van der Waals surface area (Å²) in [5.41, 5.74) is 7.48. The van der Waals surface area contributed by atoms with Crippen molar-refractivity contribution in [1.82, 2.24) is 5.32 Å². The molecule has 0 spiro atoms. The van der Waals surface area contributed by atoms with E-state index in [-0.39, 0.29) is 12.3 Å². The maximum Gasteiger partial charge on any atom is 0.305 e. The molecule has 0 saturated heterocycles. The number of thiophene rings is 1. The summed E-state index contributed by atoms with van der Waals surface area (Å²) in [6.07, 6.45) is -0.159. The first-order valence-electron chi connectivity index (χ1n) is 6.40. The number of anilines is 1. The molecule has 1 heterocycles. The number of carbonyl (C=O) groups is 2. The van der Waals surface area contributed by atoms with Gasteiger partial charge in [0, 0.05) is 16.1 Å². The van der Waals surface area contributed by atoms with Crippen LogP contribution in [-0.4, -0.2) is 17.0 Å². The Bertz CT molecular complexity index is 653. The van der Waals surface area contributed by atoms with Gasteiger partial charge in [0.2, 0.25) is 0 Å². The van der Waals surface area contributed by atoms with Crippen molar-refractivity contribution in [3.05, 3.63) is 51.7 Å². The summed E-state index contributed by atoms with van der Waals surface area (Å²) in [6.45, 7) is 1.77. The largest absolute Gasteiger partial charge is 0.481 e. The second-order valence-electron chi connectivity index (χ2n) is 4.66. The van der Waals surface area contributed by atoms with Crippen LogP contribution in [-0.2, 0) is 4.79 Å². The first-order valence-corrected chi connectivity index (χ1v) is 7.28. The number of hydrogen-bond donors (Lipinski definition) is 3. The Morgan fingerprint density at radius 1 is 1.33 bits per heavy atom. The Kier molecular flexibility index (Phi) is 4.59. The van der Waals surface area contributed by atoms with E-state index in [0.717, 1.165) is 4.88 Å². The van der Waals surface area contributed by atoms with Crippen molar-refractivity contribution < 1.29 is 14.7 Å². The molecule has 0 saturated carbocycles. The van der Waals surface area contributed by atoms with Gasteiger partial charge in [0.15, 0.2) is 0 Å². The monoisotopic (exact) mass is 304 g/mol. The molecular formula is C15H16N2O3S. The Morgan fingerprint density at radius 3 is 2.71 bits per heavy atom. The van der Waals surface area contributed by atoms with Crippen LogP contribution in [0.25, 0.3) is 0 Å². The summed E-state index contributed by atoms with van der Waals surface area (Å²) in [5, 5.41) is 13.6. The maximum absolute atomic E-state index is 12.3. The fourth-order valence-corrected chi connectivity index (χ4v) is 2.80. The van der Waals surface area contributed by atoms with Gasteiger partial charge in [0.1, 0.15) is 0 Å². The summed E-state index contributed by atoms with van der Waals surface area (Å²) < 4.78 is 0. The molecule has 2 rings (SSSR count). The van der Waals surface area contributed by atoms with Crippen molar-refractivity contribution in [1.29, 1.82) is 0 Å². The predicted octanol–water partition coefficient (Wildman–Crippen LogP) is 2.58. The molecule has 0 aliphatic rings. The van der Waals surface area contributed by atoms with Gasteiger partial charge >= 0.3 is 5.97 Å². The van der Waals surface area contributed by atoms with Crippen molar-refractivity contribution in [3.63, 3.8) is 0 Å². The lowest BCUT2D eigenvalue weighted by Gasteiger charge is -2.17. The van der Waals surface area contributed by atoms with Crippen LogP contribution in [0.4, 0.5) is 5.69 Å². The molecule has 4 N–H and O–H groups in total. The number of hydrogen-bond acceptors (Lipinski definition) is 4. The minimum absolute atomic E-state index is 0.159. The summed E-state index contributed by atoms with van der Waals surface area (Å²) in [5.74, 6) is -1.28. The van der Waals surface area contributed by atoms with E-state index in [1.54, 1.807) is 25.1 Å². The molecule has 0 bridgehead atoms. The molecule has 6 heteroatoms. The topological polar surface area (TPSA) is 92.4 Å². The van der Waals surface area contributed by atoms with Crippen molar-refractivity contribution in [2.45, 2.75) is 19.4 Å². The molecule has 0 fully saturated rings. The van der Waals surface area contributed by atoms with Crippen LogP contribution in [0.5, 0.6) is 0 Å². The van der Waals surface area contributed by atoms with Crippen LogP contribution in [0.15, 0.2) is 35.7 Å². The van der Waals surface area contributed by atoms with Crippen LogP contribution >= 0.6 is 11.3 Å². The number of carbonyl (C=O) groups excluding carboxylic acids is 1. The molecular weight excluding hydrogens is 288 g/mol. The quantitative estimate of drug-likeness (QED) is 0.740. The lowest BCUT2D eigenvalue weighted by Crippen LogP contribution is -2.30. The Hall–Kier alpha value is -2.34. The summed E-state index contributed by atoms with van der Waals surface area (Å²) in [6, 6.07) is 8.19. The zero-order valence-corrected chi connectivity index (χ0v) is 12.3. The fraction of sp³-hybridized carbons (Fsp3) is 0.200.